The largest absolute Gasteiger partial charge is 0.411 e. The van der Waals surface area contributed by atoms with Crippen molar-refractivity contribution < 1.29 is 12.8 Å². The number of hydrogen-bond donors (Lipinski definition) is 0. The number of nitrogens with zero attached hydrogens (tertiary/aromatic N) is 5. The van der Waals surface area contributed by atoms with E-state index in [1.807, 2.05) is 6.07 Å². The summed E-state index contributed by atoms with van der Waals surface area (Å²) in [6, 6.07) is 12.8. The fourth-order valence-electron chi connectivity index (χ4n) is 5.75. The Morgan fingerprint density at radius 3 is 2.42 bits per heavy atom. The number of rotatable bonds is 8. The van der Waals surface area contributed by atoms with Crippen molar-refractivity contribution in [2.75, 3.05) is 0 Å². The van der Waals surface area contributed by atoms with Crippen LogP contribution in [0.1, 0.15) is 85.0 Å². The van der Waals surface area contributed by atoms with Crippen LogP contribution in [-0.4, -0.2) is 36.7 Å². The Kier molecular flexibility index (Phi) is 7.68. The monoisotopic (exact) mass is 577 g/mol. The molecule has 5 rings (SSSR count). The molecule has 3 heterocycles. The van der Waals surface area contributed by atoms with Gasteiger partial charge in [0, 0.05) is 24.0 Å². The molecule has 0 bridgehead atoms. The van der Waals surface area contributed by atoms with E-state index < -0.39 is 25.4 Å². The fourth-order valence-corrected chi connectivity index (χ4v) is 8.00. The standard InChI is InChI=1S/C30H39N5O3SSi/c1-29(2,3)40-38-30(4,5)28-33-25-20-32-27-24(17-19-34(27)39(36,37)23-11-7-6-8-12-23)26(25)35(28)22-15-13-21(14-16-22)10-9-18-31/h6-8,11-12,17,19-22H,9-10,13-16,40H2,1-5H3. The highest BCUT2D eigenvalue weighted by Crippen LogP contribution is 2.41. The molecule has 4 aromatic rings. The molecule has 212 valence electrons. The lowest BCUT2D eigenvalue weighted by Gasteiger charge is -2.35. The molecule has 8 nitrogen and oxygen atoms in total. The van der Waals surface area contributed by atoms with Gasteiger partial charge >= 0.3 is 0 Å². The average molecular weight is 578 g/mol. The summed E-state index contributed by atoms with van der Waals surface area (Å²) in [7, 11) is -4.68. The highest BCUT2D eigenvalue weighted by molar-refractivity contribution is 7.90. The predicted octanol–water partition coefficient (Wildman–Crippen LogP) is 6.21. The van der Waals surface area contributed by atoms with Crippen molar-refractivity contribution in [3.05, 3.63) is 54.6 Å². The van der Waals surface area contributed by atoms with E-state index in [0.717, 1.165) is 54.3 Å². The Balaban J connectivity index is 1.65. The molecule has 40 heavy (non-hydrogen) atoms. The highest BCUT2D eigenvalue weighted by atomic mass is 32.2. The van der Waals surface area contributed by atoms with Crippen molar-refractivity contribution in [2.45, 2.75) is 94.7 Å². The first kappa shape index (κ1) is 28.5. The van der Waals surface area contributed by atoms with Crippen molar-refractivity contribution >= 4 is 41.9 Å². The molecule has 0 radical (unpaired) electrons. The second-order valence-electron chi connectivity index (χ2n) is 12.7. The molecule has 3 aromatic heterocycles. The van der Waals surface area contributed by atoms with E-state index in [-0.39, 0.29) is 16.0 Å². The minimum atomic E-state index is -3.81. The van der Waals surface area contributed by atoms with E-state index in [1.165, 1.54) is 3.97 Å². The van der Waals surface area contributed by atoms with E-state index in [1.54, 1.807) is 42.7 Å². The summed E-state index contributed by atoms with van der Waals surface area (Å²) in [5.74, 6) is 1.43. The summed E-state index contributed by atoms with van der Waals surface area (Å²) in [6.45, 7) is 10.8. The zero-order chi connectivity index (χ0) is 28.7. The van der Waals surface area contributed by atoms with Gasteiger partial charge in [0.25, 0.3) is 10.0 Å². The third-order valence-corrected chi connectivity index (χ3v) is 11.3. The number of pyridine rings is 1. The molecule has 0 spiro atoms. The smallest absolute Gasteiger partial charge is 0.269 e. The van der Waals surface area contributed by atoms with Gasteiger partial charge in [-0.15, -0.1) is 0 Å². The molecule has 0 amide bonds. The molecule has 1 fully saturated rings. The van der Waals surface area contributed by atoms with Gasteiger partial charge in [-0.2, -0.15) is 5.26 Å². The first-order valence-electron chi connectivity index (χ1n) is 14.1. The van der Waals surface area contributed by atoms with Gasteiger partial charge in [0.2, 0.25) is 0 Å². The van der Waals surface area contributed by atoms with Crippen molar-refractivity contribution in [1.29, 1.82) is 5.26 Å². The molecule has 1 saturated carbocycles. The van der Waals surface area contributed by atoms with Gasteiger partial charge in [0.1, 0.15) is 16.9 Å². The zero-order valence-electron chi connectivity index (χ0n) is 24.1. The van der Waals surface area contributed by atoms with E-state index in [9.17, 15) is 8.42 Å². The summed E-state index contributed by atoms with van der Waals surface area (Å²) >= 11 is 0. The molecule has 0 unspecified atom stereocenters. The van der Waals surface area contributed by atoms with Crippen LogP contribution in [0.5, 0.6) is 0 Å². The van der Waals surface area contributed by atoms with Crippen LogP contribution in [-0.2, 0) is 20.1 Å². The van der Waals surface area contributed by atoms with Gasteiger partial charge in [0.05, 0.1) is 22.7 Å². The minimum absolute atomic E-state index is 0.130. The zero-order valence-corrected chi connectivity index (χ0v) is 26.3. The van der Waals surface area contributed by atoms with Crippen LogP contribution in [0.25, 0.3) is 22.1 Å². The number of hydrogen-bond acceptors (Lipinski definition) is 6. The summed E-state index contributed by atoms with van der Waals surface area (Å²) in [5, 5.41) is 9.96. The quantitative estimate of drug-likeness (QED) is 0.231. The molecule has 10 heteroatoms. The van der Waals surface area contributed by atoms with Crippen LogP contribution in [0.4, 0.5) is 0 Å². The lowest BCUT2D eigenvalue weighted by atomic mass is 9.83. The number of fused-ring (bicyclic) bond motifs is 3. The van der Waals surface area contributed by atoms with Crippen LogP contribution < -0.4 is 0 Å². The van der Waals surface area contributed by atoms with Gasteiger partial charge in [-0.25, -0.2) is 22.4 Å². The lowest BCUT2D eigenvalue weighted by molar-refractivity contribution is 0.0906. The molecule has 0 saturated heterocycles. The van der Waals surface area contributed by atoms with Crippen LogP contribution in [0.15, 0.2) is 53.7 Å². The maximum atomic E-state index is 13.6. The van der Waals surface area contributed by atoms with E-state index in [4.69, 9.17) is 14.7 Å². The van der Waals surface area contributed by atoms with Gasteiger partial charge in [-0.3, -0.25) is 0 Å². The Bertz CT molecular complexity index is 1650. The third-order valence-electron chi connectivity index (χ3n) is 7.88. The van der Waals surface area contributed by atoms with E-state index >= 15 is 0 Å². The summed E-state index contributed by atoms with van der Waals surface area (Å²) in [5.41, 5.74) is 1.45. The second kappa shape index (κ2) is 10.8. The SMILES string of the molecule is CC(C)(C)[SiH2]OC(C)(C)c1nc2cnc3c(ccn3S(=O)(=O)c3ccccc3)c2n1C1CCC(CCC#N)CC1. The Morgan fingerprint density at radius 1 is 1.07 bits per heavy atom. The van der Waals surface area contributed by atoms with Crippen molar-refractivity contribution in [3.8, 4) is 6.07 Å². The van der Waals surface area contributed by atoms with Crippen LogP contribution in [0, 0.1) is 17.2 Å². The van der Waals surface area contributed by atoms with Crippen LogP contribution in [0.3, 0.4) is 0 Å². The molecule has 1 aromatic carbocycles. The topological polar surface area (TPSA) is 103 Å². The number of aromatic nitrogens is 4. The summed E-state index contributed by atoms with van der Waals surface area (Å²) < 4.78 is 37.4. The van der Waals surface area contributed by atoms with E-state index in [2.05, 4.69) is 50.2 Å². The predicted molar refractivity (Wildman–Crippen MR) is 160 cm³/mol. The lowest BCUT2D eigenvalue weighted by Crippen LogP contribution is -2.32. The Morgan fingerprint density at radius 2 is 1.77 bits per heavy atom. The summed E-state index contributed by atoms with van der Waals surface area (Å²) in [6.07, 6.45) is 8.92. The molecule has 0 atom stereocenters. The maximum absolute atomic E-state index is 13.6. The third kappa shape index (κ3) is 5.47. The van der Waals surface area contributed by atoms with E-state index in [0.29, 0.717) is 18.0 Å². The Hall–Kier alpha value is -3.00. The Labute approximate surface area is 239 Å². The maximum Gasteiger partial charge on any atom is 0.269 e. The number of benzene rings is 1. The van der Waals surface area contributed by atoms with Crippen LogP contribution >= 0.6 is 0 Å². The first-order chi connectivity index (χ1) is 18.9. The van der Waals surface area contributed by atoms with Crippen molar-refractivity contribution in [1.82, 2.24) is 18.5 Å². The minimum Gasteiger partial charge on any atom is -0.411 e. The van der Waals surface area contributed by atoms with Gasteiger partial charge in [0.15, 0.2) is 15.4 Å². The molecule has 1 aliphatic carbocycles. The first-order valence-corrected chi connectivity index (χ1v) is 16.8. The van der Waals surface area contributed by atoms with Gasteiger partial charge in [-0.05, 0) is 75.1 Å². The molecule has 1 aliphatic rings. The number of nitriles is 1. The highest BCUT2D eigenvalue weighted by Gasteiger charge is 2.35. The van der Waals surface area contributed by atoms with Gasteiger partial charge in [-0.1, -0.05) is 39.0 Å². The van der Waals surface area contributed by atoms with Crippen molar-refractivity contribution in [3.63, 3.8) is 0 Å². The van der Waals surface area contributed by atoms with Crippen LogP contribution in [0.2, 0.25) is 5.04 Å². The molecule has 0 aliphatic heterocycles. The average Bonchev–Trinajstić information content (AvgIpc) is 3.54. The fraction of sp³-hybridized carbons (Fsp3) is 0.500. The number of imidazole rings is 1. The molecule has 0 N–H and O–H groups in total. The normalized spacial score (nSPS) is 19.1. The van der Waals surface area contributed by atoms with Crippen molar-refractivity contribution in [2.24, 2.45) is 5.92 Å². The molecular weight excluding hydrogens is 539 g/mol. The summed E-state index contributed by atoms with van der Waals surface area (Å²) in [4.78, 5) is 9.95. The second-order valence-corrected chi connectivity index (χ2v) is 17.2. The van der Waals surface area contributed by atoms with Gasteiger partial charge < -0.3 is 8.99 Å². The molecular formula is C30H39N5O3SSi.